The minimum Gasteiger partial charge on any atom is -0.379 e. The molecule has 0 saturated carbocycles. The van der Waals surface area contributed by atoms with E-state index in [9.17, 15) is 10.1 Å². The van der Waals surface area contributed by atoms with Gasteiger partial charge < -0.3 is 10.6 Å². The Labute approximate surface area is 127 Å². The summed E-state index contributed by atoms with van der Waals surface area (Å²) in [6.45, 7) is 3.35. The highest BCUT2D eigenvalue weighted by molar-refractivity contribution is 7.07. The Morgan fingerprint density at radius 1 is 1.29 bits per heavy atom. The van der Waals surface area contributed by atoms with Crippen LogP contribution in [0.15, 0.2) is 29.1 Å². The van der Waals surface area contributed by atoms with E-state index >= 15 is 0 Å². The number of benzene rings is 1. The Morgan fingerprint density at radius 3 is 2.57 bits per heavy atom. The first-order valence-corrected chi connectivity index (χ1v) is 7.79. The van der Waals surface area contributed by atoms with Crippen molar-refractivity contribution < 1.29 is 4.92 Å². The highest BCUT2D eigenvalue weighted by Gasteiger charge is 2.18. The zero-order valence-corrected chi connectivity index (χ0v) is 12.7. The first-order chi connectivity index (χ1) is 10.2. The molecule has 2 rings (SSSR count). The van der Waals surface area contributed by atoms with Gasteiger partial charge in [0.1, 0.15) is 11.4 Å². The molecule has 112 valence electrons. The van der Waals surface area contributed by atoms with Crippen molar-refractivity contribution in [1.82, 2.24) is 4.98 Å². The number of anilines is 2. The molecule has 0 saturated heterocycles. The van der Waals surface area contributed by atoms with Gasteiger partial charge in [-0.1, -0.05) is 13.0 Å². The van der Waals surface area contributed by atoms with E-state index in [1.54, 1.807) is 29.0 Å². The molecule has 0 spiro atoms. The first kappa shape index (κ1) is 15.2. The predicted molar refractivity (Wildman–Crippen MR) is 86.2 cm³/mol. The molecule has 0 aliphatic rings. The van der Waals surface area contributed by atoms with E-state index in [0.717, 1.165) is 18.5 Å². The highest BCUT2D eigenvalue weighted by Crippen LogP contribution is 2.32. The van der Waals surface area contributed by atoms with E-state index in [2.05, 4.69) is 15.6 Å². The third-order valence-corrected chi connectivity index (χ3v) is 3.60. The third kappa shape index (κ3) is 4.16. The average Bonchev–Trinajstić information content (AvgIpc) is 2.98. The number of nitro benzene ring substituents is 1. The largest absolute Gasteiger partial charge is 0.379 e. The second-order valence-corrected chi connectivity index (χ2v) is 5.26. The molecule has 0 aliphatic heterocycles. The van der Waals surface area contributed by atoms with Crippen molar-refractivity contribution in [2.75, 3.05) is 23.7 Å². The lowest BCUT2D eigenvalue weighted by atomic mass is 10.2. The van der Waals surface area contributed by atoms with Crippen molar-refractivity contribution in [2.45, 2.75) is 19.8 Å². The maximum Gasteiger partial charge on any atom is 0.315 e. The molecule has 0 radical (unpaired) electrons. The monoisotopic (exact) mass is 306 g/mol. The lowest BCUT2D eigenvalue weighted by Crippen LogP contribution is -2.09. The molecular weight excluding hydrogens is 288 g/mol. The summed E-state index contributed by atoms with van der Waals surface area (Å²) in [6, 6.07) is 5.28. The summed E-state index contributed by atoms with van der Waals surface area (Å²) in [4.78, 5) is 15.2. The number of thiazole rings is 1. The van der Waals surface area contributed by atoms with Crippen molar-refractivity contribution in [3.8, 4) is 0 Å². The number of nitrogens with zero attached hydrogens (tertiary/aromatic N) is 2. The van der Waals surface area contributed by atoms with Crippen LogP contribution in [0, 0.1) is 10.1 Å². The lowest BCUT2D eigenvalue weighted by Gasteiger charge is -2.11. The second kappa shape index (κ2) is 7.58. The van der Waals surface area contributed by atoms with Crippen LogP contribution in [0.4, 0.5) is 17.1 Å². The minimum atomic E-state index is -0.344. The third-order valence-electron chi connectivity index (χ3n) is 2.96. The molecule has 7 heteroatoms. The van der Waals surface area contributed by atoms with Gasteiger partial charge in [0.15, 0.2) is 0 Å². The van der Waals surface area contributed by atoms with Gasteiger partial charge >= 0.3 is 5.69 Å². The van der Waals surface area contributed by atoms with Gasteiger partial charge in [-0.2, -0.15) is 0 Å². The summed E-state index contributed by atoms with van der Waals surface area (Å²) in [7, 11) is 0. The Balaban J connectivity index is 2.08. The Morgan fingerprint density at radius 2 is 2.00 bits per heavy atom. The van der Waals surface area contributed by atoms with Gasteiger partial charge in [-0.05, 0) is 18.6 Å². The standard InChI is InChI=1S/C14H18N4O2S/c1-2-7-15-12-4-3-5-13(14(12)18(19)20)16-8-6-11-9-21-10-17-11/h3-5,9-10,15-16H,2,6-8H2,1H3. The van der Waals surface area contributed by atoms with Crippen LogP contribution in [-0.4, -0.2) is 23.0 Å². The molecule has 0 atom stereocenters. The molecule has 0 unspecified atom stereocenters. The van der Waals surface area contributed by atoms with Crippen molar-refractivity contribution in [3.63, 3.8) is 0 Å². The van der Waals surface area contributed by atoms with Crippen molar-refractivity contribution in [3.05, 3.63) is 44.9 Å². The van der Waals surface area contributed by atoms with Gasteiger partial charge in [-0.15, -0.1) is 11.3 Å². The van der Waals surface area contributed by atoms with Crippen LogP contribution in [0.3, 0.4) is 0 Å². The van der Waals surface area contributed by atoms with E-state index in [0.29, 0.717) is 24.5 Å². The van der Waals surface area contributed by atoms with Crippen molar-refractivity contribution in [2.24, 2.45) is 0 Å². The van der Waals surface area contributed by atoms with Crippen LogP contribution in [-0.2, 0) is 6.42 Å². The summed E-state index contributed by atoms with van der Waals surface area (Å²) >= 11 is 1.55. The number of para-hydroxylation sites is 1. The van der Waals surface area contributed by atoms with E-state index < -0.39 is 0 Å². The van der Waals surface area contributed by atoms with Crippen LogP contribution in [0.25, 0.3) is 0 Å². The zero-order chi connectivity index (χ0) is 15.1. The maximum atomic E-state index is 11.3. The Hall–Kier alpha value is -2.15. The molecule has 0 aliphatic carbocycles. The summed E-state index contributed by atoms with van der Waals surface area (Å²) < 4.78 is 0. The molecule has 0 fully saturated rings. The molecule has 1 heterocycles. The predicted octanol–water partition coefficient (Wildman–Crippen LogP) is 3.53. The average molecular weight is 306 g/mol. The smallest absolute Gasteiger partial charge is 0.315 e. The van der Waals surface area contributed by atoms with E-state index in [1.807, 2.05) is 18.4 Å². The topological polar surface area (TPSA) is 80.1 Å². The van der Waals surface area contributed by atoms with Crippen LogP contribution in [0.5, 0.6) is 0 Å². The highest BCUT2D eigenvalue weighted by atomic mass is 32.1. The quantitative estimate of drug-likeness (QED) is 0.576. The fourth-order valence-corrected chi connectivity index (χ4v) is 2.56. The SMILES string of the molecule is CCCNc1cccc(NCCc2cscn2)c1[N+](=O)[O-]. The van der Waals surface area contributed by atoms with Gasteiger partial charge in [-0.25, -0.2) is 4.98 Å². The molecule has 1 aromatic carbocycles. The summed E-state index contributed by atoms with van der Waals surface area (Å²) in [6.07, 6.45) is 1.66. The summed E-state index contributed by atoms with van der Waals surface area (Å²) in [5.41, 5.74) is 3.98. The molecule has 2 aromatic rings. The van der Waals surface area contributed by atoms with Gasteiger partial charge in [0, 0.05) is 24.9 Å². The fourth-order valence-electron chi connectivity index (χ4n) is 1.97. The second-order valence-electron chi connectivity index (χ2n) is 4.54. The normalized spacial score (nSPS) is 10.3. The zero-order valence-electron chi connectivity index (χ0n) is 11.8. The first-order valence-electron chi connectivity index (χ1n) is 6.84. The van der Waals surface area contributed by atoms with Gasteiger partial charge in [0.25, 0.3) is 0 Å². The number of rotatable bonds is 8. The minimum absolute atomic E-state index is 0.101. The molecule has 0 bridgehead atoms. The van der Waals surface area contributed by atoms with Gasteiger partial charge in [0.05, 0.1) is 16.1 Å². The molecule has 0 amide bonds. The van der Waals surface area contributed by atoms with Crippen LogP contribution < -0.4 is 10.6 Å². The Kier molecular flexibility index (Phi) is 5.51. The van der Waals surface area contributed by atoms with E-state index in [-0.39, 0.29) is 10.6 Å². The number of nitro groups is 1. The van der Waals surface area contributed by atoms with Crippen LogP contribution in [0.1, 0.15) is 19.0 Å². The van der Waals surface area contributed by atoms with Crippen molar-refractivity contribution >= 4 is 28.4 Å². The van der Waals surface area contributed by atoms with Crippen molar-refractivity contribution in [1.29, 1.82) is 0 Å². The number of hydrogen-bond donors (Lipinski definition) is 2. The Bertz CT molecular complexity index is 587. The van der Waals surface area contributed by atoms with E-state index in [4.69, 9.17) is 0 Å². The van der Waals surface area contributed by atoms with Crippen LogP contribution in [0.2, 0.25) is 0 Å². The fraction of sp³-hybridized carbons (Fsp3) is 0.357. The summed E-state index contributed by atoms with van der Waals surface area (Å²) in [5.74, 6) is 0. The molecule has 21 heavy (non-hydrogen) atoms. The lowest BCUT2D eigenvalue weighted by molar-refractivity contribution is -0.383. The van der Waals surface area contributed by atoms with Gasteiger partial charge in [-0.3, -0.25) is 10.1 Å². The van der Waals surface area contributed by atoms with E-state index in [1.165, 1.54) is 0 Å². The molecule has 6 nitrogen and oxygen atoms in total. The number of aromatic nitrogens is 1. The van der Waals surface area contributed by atoms with Crippen LogP contribution >= 0.6 is 11.3 Å². The molecular formula is C14H18N4O2S. The summed E-state index contributed by atoms with van der Waals surface area (Å²) in [5, 5.41) is 19.5. The number of nitrogens with one attached hydrogen (secondary N) is 2. The molecule has 1 aromatic heterocycles. The molecule has 2 N–H and O–H groups in total. The maximum absolute atomic E-state index is 11.3. The van der Waals surface area contributed by atoms with Gasteiger partial charge in [0.2, 0.25) is 0 Å². The number of hydrogen-bond acceptors (Lipinski definition) is 6.